The smallest absolute Gasteiger partial charge is 0.0500 e. The Hall–Kier alpha value is 0. The molecule has 0 atom stereocenters. The van der Waals surface area contributed by atoms with Crippen LogP contribution in [0.2, 0.25) is 0 Å². The van der Waals surface area contributed by atoms with Gasteiger partial charge in [-0.05, 0) is 17.8 Å². The molecule has 0 nitrogen and oxygen atoms in total. The van der Waals surface area contributed by atoms with Crippen LogP contribution in [0.25, 0.3) is 0 Å². The molecule has 0 radical (unpaired) electrons. The highest BCUT2D eigenvalue weighted by Gasteiger charge is 1.68. The second-order valence-corrected chi connectivity index (χ2v) is 5.90. The maximum Gasteiger partial charge on any atom is -0.0500 e. The predicted molar refractivity (Wildman–Crippen MR) is 77.5 cm³/mol. The van der Waals surface area contributed by atoms with Crippen LogP contribution < -0.4 is 0 Å². The monoisotopic (exact) mass is 218 g/mol. The zero-order valence-corrected chi connectivity index (χ0v) is 13.4. The molecule has 0 aliphatic carbocycles. The van der Waals surface area contributed by atoms with Gasteiger partial charge in [-0.15, -0.1) is 0 Å². The van der Waals surface area contributed by atoms with Crippen molar-refractivity contribution in [3.8, 4) is 0 Å². The van der Waals surface area contributed by atoms with Gasteiger partial charge in [0.15, 0.2) is 0 Å². The van der Waals surface area contributed by atoms with Crippen LogP contribution in [0.1, 0.15) is 82.6 Å². The largest absolute Gasteiger partial charge is 0.0656 e. The molecule has 0 amide bonds. The first kappa shape index (κ1) is 24.3. The molecule has 0 N–H and O–H groups in total. The lowest BCUT2D eigenvalue weighted by Gasteiger charge is -1.79. The molecular formula is C15H38. The lowest BCUT2D eigenvalue weighted by Crippen LogP contribution is -1.66. The second-order valence-electron chi connectivity index (χ2n) is 5.90. The molecule has 0 aromatic carbocycles. The fourth-order valence-electron chi connectivity index (χ4n) is 0. The third-order valence-electron chi connectivity index (χ3n) is 0. The molecule has 0 spiro atoms. The Kier molecular flexibility index (Phi) is 38.3. The highest BCUT2D eigenvalue weighted by molar-refractivity contribution is 4.21. The Morgan fingerprint density at radius 2 is 0.467 bits per heavy atom. The summed E-state index contributed by atoms with van der Waals surface area (Å²) in [5, 5.41) is 0. The summed E-state index contributed by atoms with van der Waals surface area (Å²) < 4.78 is 0. The molecule has 0 rings (SSSR count). The van der Waals surface area contributed by atoms with E-state index in [2.05, 4.69) is 76.2 Å². The maximum atomic E-state index is 2.17. The SMILES string of the molecule is CC(C)C.CC(C)C.CC(C)C.CCC. The maximum absolute atomic E-state index is 2.17. The lowest BCUT2D eigenvalue weighted by atomic mass is 10.3. The molecule has 0 aromatic heterocycles. The van der Waals surface area contributed by atoms with E-state index in [1.165, 1.54) is 6.42 Å². The highest BCUT2D eigenvalue weighted by Crippen LogP contribution is 1.81. The van der Waals surface area contributed by atoms with Crippen molar-refractivity contribution >= 4 is 0 Å². The quantitative estimate of drug-likeness (QED) is 0.441. The molecule has 0 saturated carbocycles. The third-order valence-corrected chi connectivity index (χ3v) is 0. The van der Waals surface area contributed by atoms with Crippen LogP contribution in [-0.2, 0) is 0 Å². The molecule has 0 aliphatic heterocycles. The van der Waals surface area contributed by atoms with Crippen molar-refractivity contribution < 1.29 is 0 Å². The van der Waals surface area contributed by atoms with Gasteiger partial charge in [0, 0.05) is 0 Å². The van der Waals surface area contributed by atoms with Crippen LogP contribution in [0, 0.1) is 17.8 Å². The summed E-state index contributed by atoms with van der Waals surface area (Å²) in [6.07, 6.45) is 1.25. The topological polar surface area (TPSA) is 0 Å². The summed E-state index contributed by atoms with van der Waals surface area (Å²) in [5.74, 6) is 2.50. The van der Waals surface area contributed by atoms with E-state index in [1.54, 1.807) is 0 Å². The predicted octanol–water partition coefficient (Wildman–Crippen LogP) is 6.40. The zero-order valence-electron chi connectivity index (χ0n) is 13.4. The van der Waals surface area contributed by atoms with Crippen LogP contribution >= 0.6 is 0 Å². The summed E-state index contributed by atoms with van der Waals surface area (Å²) in [5.41, 5.74) is 0. The van der Waals surface area contributed by atoms with Gasteiger partial charge >= 0.3 is 0 Å². The summed E-state index contributed by atoms with van der Waals surface area (Å²) in [4.78, 5) is 0. The van der Waals surface area contributed by atoms with Crippen LogP contribution in [-0.4, -0.2) is 0 Å². The normalized spacial score (nSPS) is 8.40. The second kappa shape index (κ2) is 23.7. The van der Waals surface area contributed by atoms with Gasteiger partial charge < -0.3 is 0 Å². The van der Waals surface area contributed by atoms with Crippen molar-refractivity contribution in [3.63, 3.8) is 0 Å². The minimum Gasteiger partial charge on any atom is -0.0656 e. The molecule has 0 saturated heterocycles. The molecule has 0 heteroatoms. The van der Waals surface area contributed by atoms with Crippen LogP contribution in [0.3, 0.4) is 0 Å². The first-order chi connectivity index (χ1) is 6.61. The molecular weight excluding hydrogens is 180 g/mol. The minimum absolute atomic E-state index is 0.833. The van der Waals surface area contributed by atoms with Crippen LogP contribution in [0.15, 0.2) is 0 Å². The first-order valence-corrected chi connectivity index (χ1v) is 6.61. The highest BCUT2D eigenvalue weighted by atomic mass is 13.8. The van der Waals surface area contributed by atoms with Gasteiger partial charge in [-0.3, -0.25) is 0 Å². The molecule has 0 unspecified atom stereocenters. The molecule has 0 aromatic rings. The fourth-order valence-corrected chi connectivity index (χ4v) is 0. The van der Waals surface area contributed by atoms with E-state index >= 15 is 0 Å². The van der Waals surface area contributed by atoms with E-state index in [9.17, 15) is 0 Å². The Balaban J connectivity index is -0.0000000542. The summed E-state index contributed by atoms with van der Waals surface area (Å²) >= 11 is 0. The van der Waals surface area contributed by atoms with Gasteiger partial charge in [0.25, 0.3) is 0 Å². The zero-order chi connectivity index (χ0) is 13.4. The summed E-state index contributed by atoms with van der Waals surface area (Å²) in [6, 6.07) is 0. The Morgan fingerprint density at radius 3 is 0.467 bits per heavy atom. The van der Waals surface area contributed by atoms with Gasteiger partial charge in [-0.25, -0.2) is 0 Å². The van der Waals surface area contributed by atoms with E-state index in [4.69, 9.17) is 0 Å². The van der Waals surface area contributed by atoms with Gasteiger partial charge in [0.2, 0.25) is 0 Å². The van der Waals surface area contributed by atoms with Crippen molar-refractivity contribution in [2.24, 2.45) is 17.8 Å². The van der Waals surface area contributed by atoms with Crippen LogP contribution in [0.4, 0.5) is 0 Å². The minimum atomic E-state index is 0.833. The van der Waals surface area contributed by atoms with Crippen molar-refractivity contribution in [2.45, 2.75) is 82.6 Å². The average Bonchev–Trinajstić information content (AvgIpc) is 1.81. The van der Waals surface area contributed by atoms with Crippen LogP contribution in [0.5, 0.6) is 0 Å². The first-order valence-electron chi connectivity index (χ1n) is 6.61. The number of hydrogen-bond acceptors (Lipinski definition) is 0. The van der Waals surface area contributed by atoms with Crippen molar-refractivity contribution in [1.82, 2.24) is 0 Å². The van der Waals surface area contributed by atoms with E-state index in [0.717, 1.165) is 17.8 Å². The Bertz CT molecular complexity index is 37.9. The Morgan fingerprint density at radius 1 is 0.467 bits per heavy atom. The van der Waals surface area contributed by atoms with E-state index in [-0.39, 0.29) is 0 Å². The average molecular weight is 218 g/mol. The van der Waals surface area contributed by atoms with E-state index < -0.39 is 0 Å². The third kappa shape index (κ3) is 0. The molecule has 15 heavy (non-hydrogen) atoms. The molecule has 0 heterocycles. The van der Waals surface area contributed by atoms with Gasteiger partial charge in [-0.1, -0.05) is 82.6 Å². The van der Waals surface area contributed by atoms with Gasteiger partial charge in [0.05, 0.1) is 0 Å². The number of hydrogen-bond donors (Lipinski definition) is 0. The molecule has 0 aliphatic rings. The number of rotatable bonds is 0. The molecule has 0 fully saturated rings. The summed E-state index contributed by atoms with van der Waals surface area (Å²) in [7, 11) is 0. The Labute approximate surface area is 101 Å². The van der Waals surface area contributed by atoms with E-state index in [1.807, 2.05) is 0 Å². The fraction of sp³-hybridized carbons (Fsp3) is 1.00. The molecule has 98 valence electrons. The lowest BCUT2D eigenvalue weighted by molar-refractivity contribution is 0.736. The summed E-state index contributed by atoms with van der Waals surface area (Å²) in [6.45, 7) is 23.8. The van der Waals surface area contributed by atoms with Gasteiger partial charge in [-0.2, -0.15) is 0 Å². The molecule has 0 bridgehead atoms. The van der Waals surface area contributed by atoms with E-state index in [0.29, 0.717) is 0 Å². The van der Waals surface area contributed by atoms with Crippen molar-refractivity contribution in [2.75, 3.05) is 0 Å². The van der Waals surface area contributed by atoms with Gasteiger partial charge in [0.1, 0.15) is 0 Å². The van der Waals surface area contributed by atoms with Crippen molar-refractivity contribution in [1.29, 1.82) is 0 Å². The standard InChI is InChI=1S/3C4H10.C3H8/c3*1-4(2)3;1-3-2/h3*4H,1-3H3;3H2,1-2H3. The van der Waals surface area contributed by atoms with Crippen molar-refractivity contribution in [3.05, 3.63) is 0 Å².